The van der Waals surface area contributed by atoms with E-state index in [4.69, 9.17) is 5.11 Å². The number of benzene rings is 1. The van der Waals surface area contributed by atoms with Gasteiger partial charge in [-0.25, -0.2) is 8.42 Å². The van der Waals surface area contributed by atoms with Gasteiger partial charge in [-0.3, -0.25) is 9.52 Å². The van der Waals surface area contributed by atoms with Crippen molar-refractivity contribution >= 4 is 27.4 Å². The third-order valence-corrected chi connectivity index (χ3v) is 4.45. The minimum absolute atomic E-state index is 0.0994. The van der Waals surface area contributed by atoms with E-state index in [1.54, 1.807) is 12.1 Å². The molecule has 0 unspecified atom stereocenters. The maximum Gasteiger partial charge on any atom is 0.303 e. The van der Waals surface area contributed by atoms with Crippen LogP contribution in [-0.2, 0) is 14.8 Å². The first-order valence-electron chi connectivity index (χ1n) is 6.95. The molecule has 0 heterocycles. The van der Waals surface area contributed by atoms with Crippen molar-refractivity contribution in [3.63, 3.8) is 0 Å². The molecule has 0 aliphatic rings. The number of aliphatic carboxylic acids is 1. The third-order valence-electron chi connectivity index (χ3n) is 3.07. The van der Waals surface area contributed by atoms with Gasteiger partial charge in [0.05, 0.1) is 5.75 Å². The van der Waals surface area contributed by atoms with Crippen LogP contribution in [0.5, 0.6) is 0 Å². The van der Waals surface area contributed by atoms with Crippen LogP contribution in [0.25, 0.3) is 0 Å². The molecule has 21 heavy (non-hydrogen) atoms. The lowest BCUT2D eigenvalue weighted by Crippen LogP contribution is -2.21. The summed E-state index contributed by atoms with van der Waals surface area (Å²) in [7, 11) is -3.50. The first-order valence-corrected chi connectivity index (χ1v) is 8.60. The van der Waals surface area contributed by atoms with Crippen LogP contribution in [0.3, 0.4) is 0 Å². The van der Waals surface area contributed by atoms with E-state index in [-0.39, 0.29) is 18.6 Å². The van der Waals surface area contributed by atoms with Gasteiger partial charge in [0.2, 0.25) is 10.0 Å². The Hall–Kier alpha value is -1.76. The van der Waals surface area contributed by atoms with E-state index in [1.807, 2.05) is 12.1 Å². The molecule has 1 rings (SSSR count). The van der Waals surface area contributed by atoms with Crippen molar-refractivity contribution < 1.29 is 18.3 Å². The van der Waals surface area contributed by atoms with E-state index in [0.29, 0.717) is 5.69 Å². The summed E-state index contributed by atoms with van der Waals surface area (Å²) in [5.74, 6) is -1.19. The summed E-state index contributed by atoms with van der Waals surface area (Å²) in [4.78, 5) is 12.5. The molecule has 0 saturated heterocycles. The largest absolute Gasteiger partial charge is 0.481 e. The Bertz CT molecular complexity index is 551. The zero-order chi connectivity index (χ0) is 15.9. The molecule has 1 aromatic rings. The zero-order valence-electron chi connectivity index (χ0n) is 12.4. The lowest BCUT2D eigenvalue weighted by molar-refractivity contribution is -0.137. The van der Waals surface area contributed by atoms with Gasteiger partial charge in [-0.2, -0.15) is 0 Å². The Morgan fingerprint density at radius 1 is 1.19 bits per heavy atom. The number of hydrogen-bond donors (Lipinski definition) is 2. The Kier molecular flexibility index (Phi) is 6.48. The maximum absolute atomic E-state index is 11.8. The molecule has 118 valence electrons. The monoisotopic (exact) mass is 314 g/mol. The van der Waals surface area contributed by atoms with Gasteiger partial charge < -0.3 is 10.0 Å². The number of anilines is 2. The molecular formula is C14H22N2O4S. The van der Waals surface area contributed by atoms with E-state index in [0.717, 1.165) is 18.8 Å². The number of carboxylic acid groups (broad SMARTS) is 1. The summed E-state index contributed by atoms with van der Waals surface area (Å²) in [6, 6.07) is 7.15. The molecule has 0 saturated carbocycles. The summed E-state index contributed by atoms with van der Waals surface area (Å²) in [6.07, 6.45) is -0.0516. The highest BCUT2D eigenvalue weighted by Crippen LogP contribution is 2.18. The number of carbonyl (C=O) groups is 1. The lowest BCUT2D eigenvalue weighted by Gasteiger charge is -2.21. The number of sulfonamides is 1. The van der Waals surface area contributed by atoms with Crippen LogP contribution in [0.2, 0.25) is 0 Å². The highest BCUT2D eigenvalue weighted by molar-refractivity contribution is 7.92. The molecule has 0 bridgehead atoms. The van der Waals surface area contributed by atoms with Gasteiger partial charge >= 0.3 is 5.97 Å². The fourth-order valence-electron chi connectivity index (χ4n) is 1.97. The van der Waals surface area contributed by atoms with Gasteiger partial charge in [0.1, 0.15) is 0 Å². The standard InChI is InChI=1S/C14H22N2O4S/c1-3-16(4-2)13-9-7-12(8-10-13)15-21(19,20)11-5-6-14(17)18/h7-10,15H,3-6,11H2,1-2H3,(H,17,18). The van der Waals surface area contributed by atoms with E-state index in [2.05, 4.69) is 23.5 Å². The third kappa shape index (κ3) is 6.03. The molecule has 2 N–H and O–H groups in total. The number of rotatable bonds is 9. The maximum atomic E-state index is 11.8. The van der Waals surface area contributed by atoms with Crippen molar-refractivity contribution in [2.75, 3.05) is 28.5 Å². The second kappa shape index (κ2) is 7.87. The van der Waals surface area contributed by atoms with Crippen molar-refractivity contribution in [1.29, 1.82) is 0 Å². The molecule has 0 aliphatic heterocycles. The summed E-state index contributed by atoms with van der Waals surface area (Å²) < 4.78 is 26.1. The Labute approximate surface area is 125 Å². The lowest BCUT2D eigenvalue weighted by atomic mass is 10.2. The van der Waals surface area contributed by atoms with E-state index in [1.165, 1.54) is 0 Å². The van der Waals surface area contributed by atoms with Gasteiger partial charge in [-0.15, -0.1) is 0 Å². The number of hydrogen-bond acceptors (Lipinski definition) is 4. The molecule has 6 nitrogen and oxygen atoms in total. The second-order valence-corrected chi connectivity index (χ2v) is 6.48. The highest BCUT2D eigenvalue weighted by Gasteiger charge is 2.11. The van der Waals surface area contributed by atoms with Crippen LogP contribution in [0.15, 0.2) is 24.3 Å². The van der Waals surface area contributed by atoms with Crippen molar-refractivity contribution in [2.45, 2.75) is 26.7 Å². The fourth-order valence-corrected chi connectivity index (χ4v) is 3.09. The van der Waals surface area contributed by atoms with Crippen LogP contribution in [0.4, 0.5) is 11.4 Å². The Morgan fingerprint density at radius 3 is 2.24 bits per heavy atom. The summed E-state index contributed by atoms with van der Waals surface area (Å²) >= 11 is 0. The molecule has 7 heteroatoms. The predicted octanol–water partition coefficient (Wildman–Crippen LogP) is 2.14. The molecule has 1 aromatic carbocycles. The van der Waals surface area contributed by atoms with Crippen LogP contribution < -0.4 is 9.62 Å². The van der Waals surface area contributed by atoms with Crippen LogP contribution in [0.1, 0.15) is 26.7 Å². The van der Waals surface area contributed by atoms with Gasteiger partial charge in [0.25, 0.3) is 0 Å². The molecular weight excluding hydrogens is 292 g/mol. The Morgan fingerprint density at radius 2 is 1.76 bits per heavy atom. The van der Waals surface area contributed by atoms with Gasteiger partial charge in [-0.05, 0) is 44.5 Å². The van der Waals surface area contributed by atoms with Crippen LogP contribution in [-0.4, -0.2) is 38.3 Å². The fraction of sp³-hybridized carbons (Fsp3) is 0.500. The van der Waals surface area contributed by atoms with Crippen molar-refractivity contribution in [3.05, 3.63) is 24.3 Å². The van der Waals surface area contributed by atoms with E-state index in [9.17, 15) is 13.2 Å². The minimum atomic E-state index is -3.50. The van der Waals surface area contributed by atoms with Crippen LogP contribution in [0, 0.1) is 0 Å². The molecule has 0 fully saturated rings. The zero-order valence-corrected chi connectivity index (χ0v) is 13.2. The molecule has 0 atom stereocenters. The SMILES string of the molecule is CCN(CC)c1ccc(NS(=O)(=O)CCCC(=O)O)cc1. The van der Waals surface area contributed by atoms with Gasteiger partial charge in [-0.1, -0.05) is 0 Å². The Balaban J connectivity index is 2.64. The summed E-state index contributed by atoms with van der Waals surface area (Å²) in [5.41, 5.74) is 1.52. The van der Waals surface area contributed by atoms with Crippen molar-refractivity contribution in [3.8, 4) is 0 Å². The average Bonchev–Trinajstić information content (AvgIpc) is 2.41. The number of carboxylic acids is 1. The first kappa shape index (κ1) is 17.3. The molecule has 0 aromatic heterocycles. The smallest absolute Gasteiger partial charge is 0.303 e. The van der Waals surface area contributed by atoms with E-state index >= 15 is 0 Å². The normalized spacial score (nSPS) is 11.1. The molecule has 0 amide bonds. The van der Waals surface area contributed by atoms with Crippen molar-refractivity contribution in [1.82, 2.24) is 0 Å². The second-order valence-electron chi connectivity index (χ2n) is 4.64. The topological polar surface area (TPSA) is 86.7 Å². The molecule has 0 radical (unpaired) electrons. The quantitative estimate of drug-likeness (QED) is 0.729. The minimum Gasteiger partial charge on any atom is -0.481 e. The van der Waals surface area contributed by atoms with Gasteiger partial charge in [0, 0.05) is 30.9 Å². The predicted molar refractivity (Wildman–Crippen MR) is 84.3 cm³/mol. The van der Waals surface area contributed by atoms with Crippen molar-refractivity contribution in [2.24, 2.45) is 0 Å². The van der Waals surface area contributed by atoms with E-state index < -0.39 is 16.0 Å². The first-order chi connectivity index (χ1) is 9.88. The molecule has 0 spiro atoms. The number of nitrogens with zero attached hydrogens (tertiary/aromatic N) is 1. The molecule has 0 aliphatic carbocycles. The van der Waals surface area contributed by atoms with Crippen LogP contribution >= 0.6 is 0 Å². The summed E-state index contributed by atoms with van der Waals surface area (Å²) in [5, 5.41) is 8.51. The number of nitrogens with one attached hydrogen (secondary N) is 1. The highest BCUT2D eigenvalue weighted by atomic mass is 32.2. The summed E-state index contributed by atoms with van der Waals surface area (Å²) in [6.45, 7) is 5.89. The van der Waals surface area contributed by atoms with Gasteiger partial charge in [0.15, 0.2) is 0 Å². The average molecular weight is 314 g/mol.